The molecule has 21 heavy (non-hydrogen) atoms. The standard InChI is InChI=1S/C15H20BrN5/c1-8(2)12-14(18-7-19-15(12)21-17)20-13-9(3)5-11(16)6-10(13)4/h5-8H,17H2,1-4H3,(H2,18,19,20,21). The van der Waals surface area contributed by atoms with E-state index in [1.54, 1.807) is 0 Å². The molecule has 1 aromatic heterocycles. The number of anilines is 3. The fourth-order valence-corrected chi connectivity index (χ4v) is 3.07. The maximum atomic E-state index is 5.56. The number of aryl methyl sites for hydroxylation is 2. The lowest BCUT2D eigenvalue weighted by molar-refractivity contribution is 0.850. The van der Waals surface area contributed by atoms with Gasteiger partial charge in [-0.15, -0.1) is 0 Å². The molecule has 2 aromatic rings. The van der Waals surface area contributed by atoms with E-state index < -0.39 is 0 Å². The van der Waals surface area contributed by atoms with Crippen molar-refractivity contribution in [2.24, 2.45) is 5.84 Å². The first-order chi connectivity index (χ1) is 9.93. The van der Waals surface area contributed by atoms with Gasteiger partial charge in [0.2, 0.25) is 0 Å². The quantitative estimate of drug-likeness (QED) is 0.574. The molecule has 1 heterocycles. The summed E-state index contributed by atoms with van der Waals surface area (Å²) in [5, 5.41) is 3.42. The largest absolute Gasteiger partial charge is 0.339 e. The van der Waals surface area contributed by atoms with Crippen LogP contribution in [-0.4, -0.2) is 9.97 Å². The predicted molar refractivity (Wildman–Crippen MR) is 90.8 cm³/mol. The fraction of sp³-hybridized carbons (Fsp3) is 0.333. The molecule has 0 unspecified atom stereocenters. The van der Waals surface area contributed by atoms with Crippen LogP contribution in [0, 0.1) is 13.8 Å². The van der Waals surface area contributed by atoms with Crippen LogP contribution in [0.1, 0.15) is 36.5 Å². The van der Waals surface area contributed by atoms with Gasteiger partial charge in [0.1, 0.15) is 18.0 Å². The summed E-state index contributed by atoms with van der Waals surface area (Å²) in [6, 6.07) is 4.15. The number of benzene rings is 1. The average molecular weight is 350 g/mol. The maximum Gasteiger partial charge on any atom is 0.148 e. The van der Waals surface area contributed by atoms with Gasteiger partial charge >= 0.3 is 0 Å². The summed E-state index contributed by atoms with van der Waals surface area (Å²) in [7, 11) is 0. The summed E-state index contributed by atoms with van der Waals surface area (Å²) in [5.74, 6) is 7.23. The van der Waals surface area contributed by atoms with E-state index in [0.29, 0.717) is 5.82 Å². The zero-order chi connectivity index (χ0) is 15.6. The lowest BCUT2D eigenvalue weighted by atomic mass is 10.0. The van der Waals surface area contributed by atoms with Crippen molar-refractivity contribution in [3.8, 4) is 0 Å². The second kappa shape index (κ2) is 6.41. The van der Waals surface area contributed by atoms with Gasteiger partial charge in [-0.2, -0.15) is 0 Å². The molecule has 0 radical (unpaired) electrons. The van der Waals surface area contributed by atoms with Crippen molar-refractivity contribution in [1.29, 1.82) is 0 Å². The highest BCUT2D eigenvalue weighted by atomic mass is 79.9. The molecule has 2 rings (SSSR count). The highest BCUT2D eigenvalue weighted by Crippen LogP contribution is 2.33. The third-order valence-corrected chi connectivity index (χ3v) is 3.80. The van der Waals surface area contributed by atoms with Crippen LogP contribution in [0.4, 0.5) is 17.3 Å². The minimum absolute atomic E-state index is 0.246. The van der Waals surface area contributed by atoms with Gasteiger partial charge in [0.25, 0.3) is 0 Å². The lowest BCUT2D eigenvalue weighted by Gasteiger charge is -2.19. The molecule has 112 valence electrons. The number of aromatic nitrogens is 2. The smallest absolute Gasteiger partial charge is 0.148 e. The van der Waals surface area contributed by atoms with Crippen molar-refractivity contribution in [2.45, 2.75) is 33.6 Å². The molecule has 0 aliphatic heterocycles. The predicted octanol–water partition coefficient (Wildman–Crippen LogP) is 4.01. The molecule has 0 amide bonds. The van der Waals surface area contributed by atoms with Crippen LogP contribution in [-0.2, 0) is 0 Å². The molecule has 6 heteroatoms. The number of hydrazine groups is 1. The Morgan fingerprint density at radius 1 is 1.10 bits per heavy atom. The SMILES string of the molecule is Cc1cc(Br)cc(C)c1Nc1ncnc(NN)c1C(C)C. The number of hydrogen-bond donors (Lipinski definition) is 3. The molecule has 0 saturated carbocycles. The normalized spacial score (nSPS) is 10.8. The first kappa shape index (κ1) is 15.7. The summed E-state index contributed by atoms with van der Waals surface area (Å²) in [5.41, 5.74) is 6.97. The van der Waals surface area contributed by atoms with Gasteiger partial charge in [-0.1, -0.05) is 29.8 Å². The van der Waals surface area contributed by atoms with Gasteiger partial charge < -0.3 is 10.7 Å². The number of rotatable bonds is 4. The summed E-state index contributed by atoms with van der Waals surface area (Å²) in [6.45, 7) is 8.31. The highest BCUT2D eigenvalue weighted by molar-refractivity contribution is 9.10. The summed E-state index contributed by atoms with van der Waals surface area (Å²) in [6.07, 6.45) is 1.51. The van der Waals surface area contributed by atoms with Gasteiger partial charge in [0.15, 0.2) is 0 Å². The summed E-state index contributed by atoms with van der Waals surface area (Å²) < 4.78 is 1.07. The maximum absolute atomic E-state index is 5.56. The number of nitrogen functional groups attached to an aromatic ring is 1. The van der Waals surface area contributed by atoms with E-state index in [1.807, 2.05) is 0 Å². The lowest BCUT2D eigenvalue weighted by Crippen LogP contribution is -2.14. The van der Waals surface area contributed by atoms with Crippen molar-refractivity contribution >= 4 is 33.3 Å². The molecule has 0 fully saturated rings. The van der Waals surface area contributed by atoms with E-state index in [9.17, 15) is 0 Å². The van der Waals surface area contributed by atoms with Gasteiger partial charge in [-0.25, -0.2) is 15.8 Å². The zero-order valence-electron chi connectivity index (χ0n) is 12.7. The Morgan fingerprint density at radius 3 is 2.19 bits per heavy atom. The zero-order valence-corrected chi connectivity index (χ0v) is 14.2. The van der Waals surface area contributed by atoms with Crippen molar-refractivity contribution in [1.82, 2.24) is 9.97 Å². The minimum Gasteiger partial charge on any atom is -0.339 e. The van der Waals surface area contributed by atoms with Gasteiger partial charge in [-0.3, -0.25) is 0 Å². The highest BCUT2D eigenvalue weighted by Gasteiger charge is 2.16. The molecule has 0 atom stereocenters. The van der Waals surface area contributed by atoms with E-state index in [0.717, 1.165) is 32.7 Å². The van der Waals surface area contributed by atoms with Crippen LogP contribution in [0.2, 0.25) is 0 Å². The Hall–Kier alpha value is -1.66. The molecule has 0 saturated heterocycles. The molecule has 0 bridgehead atoms. The molecule has 0 aliphatic rings. The monoisotopic (exact) mass is 349 g/mol. The van der Waals surface area contributed by atoms with Crippen LogP contribution in [0.3, 0.4) is 0 Å². The fourth-order valence-electron chi connectivity index (χ4n) is 2.38. The Balaban J connectivity index is 2.50. The molecule has 5 nitrogen and oxygen atoms in total. The number of nitrogens with one attached hydrogen (secondary N) is 2. The molecule has 1 aromatic carbocycles. The molecular weight excluding hydrogens is 330 g/mol. The molecular formula is C15H20BrN5. The van der Waals surface area contributed by atoms with Crippen LogP contribution in [0.25, 0.3) is 0 Å². The van der Waals surface area contributed by atoms with E-state index in [4.69, 9.17) is 5.84 Å². The number of hydrogen-bond acceptors (Lipinski definition) is 5. The molecule has 0 aliphatic carbocycles. The van der Waals surface area contributed by atoms with Crippen LogP contribution < -0.4 is 16.6 Å². The minimum atomic E-state index is 0.246. The van der Waals surface area contributed by atoms with E-state index in [-0.39, 0.29) is 5.92 Å². The molecule has 4 N–H and O–H groups in total. The van der Waals surface area contributed by atoms with Gasteiger partial charge in [0, 0.05) is 15.7 Å². The van der Waals surface area contributed by atoms with Crippen molar-refractivity contribution in [2.75, 3.05) is 10.7 Å². The Bertz CT molecular complexity index is 632. The van der Waals surface area contributed by atoms with Crippen molar-refractivity contribution in [3.05, 3.63) is 39.6 Å². The second-order valence-corrected chi connectivity index (χ2v) is 6.24. The van der Waals surface area contributed by atoms with Gasteiger partial charge in [0.05, 0.1) is 0 Å². The van der Waals surface area contributed by atoms with E-state index in [2.05, 4.69) is 76.5 Å². The van der Waals surface area contributed by atoms with Crippen molar-refractivity contribution < 1.29 is 0 Å². The number of nitrogens with zero attached hydrogens (tertiary/aromatic N) is 2. The molecule has 0 spiro atoms. The summed E-state index contributed by atoms with van der Waals surface area (Å²) in [4.78, 5) is 8.56. The number of halogens is 1. The number of nitrogens with two attached hydrogens (primary N) is 1. The Morgan fingerprint density at radius 2 is 1.67 bits per heavy atom. The first-order valence-electron chi connectivity index (χ1n) is 6.79. The van der Waals surface area contributed by atoms with Crippen LogP contribution in [0.5, 0.6) is 0 Å². The van der Waals surface area contributed by atoms with Crippen LogP contribution >= 0.6 is 15.9 Å². The van der Waals surface area contributed by atoms with Crippen LogP contribution in [0.15, 0.2) is 22.9 Å². The van der Waals surface area contributed by atoms with Gasteiger partial charge in [-0.05, 0) is 43.0 Å². The van der Waals surface area contributed by atoms with Crippen molar-refractivity contribution in [3.63, 3.8) is 0 Å². The summed E-state index contributed by atoms with van der Waals surface area (Å²) >= 11 is 3.51. The Kier molecular flexibility index (Phi) is 4.80. The van der Waals surface area contributed by atoms with E-state index >= 15 is 0 Å². The third-order valence-electron chi connectivity index (χ3n) is 3.34. The topological polar surface area (TPSA) is 75.9 Å². The average Bonchev–Trinajstić information content (AvgIpc) is 2.42. The Labute approximate surface area is 133 Å². The second-order valence-electron chi connectivity index (χ2n) is 5.32. The first-order valence-corrected chi connectivity index (χ1v) is 7.58. The third kappa shape index (κ3) is 3.33. The van der Waals surface area contributed by atoms with E-state index in [1.165, 1.54) is 6.33 Å².